The Morgan fingerprint density at radius 3 is 2.40 bits per heavy atom. The minimum absolute atomic E-state index is 0. The van der Waals surface area contributed by atoms with Crippen LogP contribution in [0.2, 0.25) is 0 Å². The number of para-hydroxylation sites is 2. The number of pyridine rings is 1. The molecule has 1 aliphatic heterocycles. The number of aryl methyl sites for hydroxylation is 1. The van der Waals surface area contributed by atoms with Crippen LogP contribution >= 0.6 is 0 Å². The van der Waals surface area contributed by atoms with Gasteiger partial charge < -0.3 is 9.55 Å². The van der Waals surface area contributed by atoms with Crippen molar-refractivity contribution in [1.82, 2.24) is 9.55 Å². The van der Waals surface area contributed by atoms with E-state index >= 15 is 0 Å². The molecule has 0 saturated heterocycles. The zero-order valence-electron chi connectivity index (χ0n) is 23.8. The SMILES string of the molecule is CCCC[N+]1=C=[N+](c2[c-]cc3c4ccccc4n(-c4ccccc4)c3c2)C=C1.Cc1ccc(-c2[c-]cccc2)nc1.[Ir]. The van der Waals surface area contributed by atoms with E-state index in [0.29, 0.717) is 0 Å². The molecule has 0 unspecified atom stereocenters. The van der Waals surface area contributed by atoms with E-state index in [4.69, 9.17) is 0 Å². The zero-order valence-corrected chi connectivity index (χ0v) is 26.2. The summed E-state index contributed by atoms with van der Waals surface area (Å²) in [6, 6.07) is 45.4. The molecule has 1 aliphatic rings. The second kappa shape index (κ2) is 13.5. The maximum atomic E-state index is 4.32. The van der Waals surface area contributed by atoms with Gasteiger partial charge in [-0.2, -0.15) is 6.07 Å². The van der Waals surface area contributed by atoms with Crippen LogP contribution in [0.5, 0.6) is 0 Å². The summed E-state index contributed by atoms with van der Waals surface area (Å²) in [5.74, 6) is 0. The van der Waals surface area contributed by atoms with Crippen molar-refractivity contribution in [3.05, 3.63) is 139 Å². The molecule has 4 nitrogen and oxygen atoms in total. The molecule has 0 bridgehead atoms. The van der Waals surface area contributed by atoms with E-state index in [0.717, 1.165) is 29.9 Å². The topological polar surface area (TPSA) is 23.8 Å². The van der Waals surface area contributed by atoms with Gasteiger partial charge in [0.25, 0.3) is 6.20 Å². The number of hydrogen-bond donors (Lipinski definition) is 0. The van der Waals surface area contributed by atoms with E-state index in [2.05, 4.69) is 124 Å². The number of nitrogens with zero attached hydrogens (tertiary/aromatic N) is 4. The maximum absolute atomic E-state index is 4.32. The molecule has 5 heteroatoms. The fourth-order valence-corrected chi connectivity index (χ4v) is 5.01. The molecule has 0 atom stereocenters. The zero-order chi connectivity index (χ0) is 28.0. The number of rotatable bonds is 6. The van der Waals surface area contributed by atoms with Gasteiger partial charge in [0.2, 0.25) is 6.20 Å². The van der Waals surface area contributed by atoms with Crippen molar-refractivity contribution in [1.29, 1.82) is 0 Å². The first-order valence-electron chi connectivity index (χ1n) is 14.1. The average Bonchev–Trinajstić information content (AvgIpc) is 3.64. The Labute approximate surface area is 261 Å². The Morgan fingerprint density at radius 1 is 0.833 bits per heavy atom. The van der Waals surface area contributed by atoms with Gasteiger partial charge in [-0.1, -0.05) is 77.1 Å². The second-order valence-electron chi connectivity index (χ2n) is 10.1. The molecule has 4 aromatic carbocycles. The summed E-state index contributed by atoms with van der Waals surface area (Å²) in [6.07, 6.45) is 8.36. The Hall–Kier alpha value is -4.40. The van der Waals surface area contributed by atoms with Crippen LogP contribution in [0.15, 0.2) is 122 Å². The quantitative estimate of drug-likeness (QED) is 0.125. The van der Waals surface area contributed by atoms with Crippen molar-refractivity contribution in [3.8, 4) is 16.9 Å². The van der Waals surface area contributed by atoms with Gasteiger partial charge in [0, 0.05) is 43.9 Å². The van der Waals surface area contributed by atoms with Crippen molar-refractivity contribution in [3.63, 3.8) is 0 Å². The van der Waals surface area contributed by atoms with E-state index in [1.807, 2.05) is 48.0 Å². The number of hydrogen-bond acceptors (Lipinski definition) is 1. The first-order valence-corrected chi connectivity index (χ1v) is 14.1. The van der Waals surface area contributed by atoms with Crippen LogP contribution in [-0.4, -0.2) is 31.3 Å². The minimum atomic E-state index is 0. The van der Waals surface area contributed by atoms with Gasteiger partial charge in [0.15, 0.2) is 6.54 Å². The van der Waals surface area contributed by atoms with Gasteiger partial charge >= 0.3 is 6.01 Å². The van der Waals surface area contributed by atoms with Gasteiger partial charge in [-0.05, 0) is 47.3 Å². The van der Waals surface area contributed by atoms with E-state index in [9.17, 15) is 0 Å². The Balaban J connectivity index is 0.000000212. The van der Waals surface area contributed by atoms with Crippen molar-refractivity contribution < 1.29 is 29.3 Å². The van der Waals surface area contributed by atoms with Crippen LogP contribution in [0.25, 0.3) is 38.8 Å². The summed E-state index contributed by atoms with van der Waals surface area (Å²) < 4.78 is 6.48. The predicted octanol–water partition coefficient (Wildman–Crippen LogP) is 8.55. The molecule has 42 heavy (non-hydrogen) atoms. The summed E-state index contributed by atoms with van der Waals surface area (Å²) in [7, 11) is 0. The molecular weight excluding hydrogens is 693 g/mol. The van der Waals surface area contributed by atoms with Crippen molar-refractivity contribution in [2.45, 2.75) is 26.7 Å². The van der Waals surface area contributed by atoms with Crippen LogP contribution in [0.4, 0.5) is 5.69 Å². The molecule has 6 aromatic rings. The first-order chi connectivity index (χ1) is 20.2. The van der Waals surface area contributed by atoms with Gasteiger partial charge in [0.1, 0.15) is 5.69 Å². The third-order valence-corrected chi connectivity index (χ3v) is 7.14. The summed E-state index contributed by atoms with van der Waals surface area (Å²) in [4.78, 5) is 4.32. The van der Waals surface area contributed by atoms with Gasteiger partial charge in [0.05, 0.1) is 0 Å². The third kappa shape index (κ3) is 6.25. The number of aromatic nitrogens is 2. The fourth-order valence-electron chi connectivity index (χ4n) is 5.01. The molecule has 0 saturated carbocycles. The molecule has 7 rings (SSSR count). The molecule has 0 N–H and O–H groups in total. The molecule has 0 fully saturated rings. The van der Waals surface area contributed by atoms with Crippen molar-refractivity contribution in [2.75, 3.05) is 6.54 Å². The number of unbranched alkanes of at least 4 members (excludes halogenated alkanes) is 1. The van der Waals surface area contributed by atoms with Crippen LogP contribution in [0.3, 0.4) is 0 Å². The molecule has 2 aromatic heterocycles. The fraction of sp³-hybridized carbons (Fsp3) is 0.135. The summed E-state index contributed by atoms with van der Waals surface area (Å²) in [6.45, 7) is 5.24. The Morgan fingerprint density at radius 2 is 1.64 bits per heavy atom. The number of benzene rings is 4. The van der Waals surface area contributed by atoms with Crippen LogP contribution in [0.1, 0.15) is 25.3 Å². The first kappa shape index (κ1) is 29.1. The molecule has 0 amide bonds. The molecule has 1 radical (unpaired) electrons. The molecule has 209 valence electrons. The standard InChI is InChI=1S/C25H22N3.C12H10N.Ir/c1-2-3-15-26-16-17-27(19-26)21-13-14-23-22-11-7-8-12-24(22)28(25(23)18-21)20-9-5-4-6-10-20;1-10-7-8-12(13-9-10)11-5-3-2-4-6-11;/h4-12,14,16-18H,2-3,15H2,1H3;2-5,7-9H,1H3;/q+1;-1;. The van der Waals surface area contributed by atoms with Crippen molar-refractivity contribution in [2.24, 2.45) is 0 Å². The third-order valence-electron chi connectivity index (χ3n) is 7.14. The van der Waals surface area contributed by atoms with E-state index in [1.54, 1.807) is 0 Å². The largest absolute Gasteiger partial charge is 0.493 e. The maximum Gasteiger partial charge on any atom is 0.493 e. The Kier molecular flexibility index (Phi) is 9.36. The number of fused-ring (bicyclic) bond motifs is 3. The predicted molar refractivity (Wildman–Crippen MR) is 167 cm³/mol. The van der Waals surface area contributed by atoms with Gasteiger partial charge in [-0.15, -0.1) is 47.3 Å². The smallest absolute Gasteiger partial charge is 0.334 e. The monoisotopic (exact) mass is 725 g/mol. The van der Waals surface area contributed by atoms with Gasteiger partial charge in [-0.25, -0.2) is 0 Å². The second-order valence-corrected chi connectivity index (χ2v) is 10.1. The molecular formula is C37H32IrN4. The van der Waals surface area contributed by atoms with Crippen LogP contribution in [-0.2, 0) is 20.1 Å². The van der Waals surface area contributed by atoms with Crippen molar-refractivity contribution >= 4 is 33.5 Å². The van der Waals surface area contributed by atoms with E-state index < -0.39 is 0 Å². The molecule has 3 heterocycles. The Bertz CT molecular complexity index is 1900. The van der Waals surface area contributed by atoms with E-state index in [-0.39, 0.29) is 20.1 Å². The van der Waals surface area contributed by atoms with E-state index in [1.165, 1.54) is 39.5 Å². The normalized spacial score (nSPS) is 12.0. The minimum Gasteiger partial charge on any atom is -0.334 e. The van der Waals surface area contributed by atoms with Gasteiger partial charge in [-0.3, -0.25) is 0 Å². The molecule has 0 spiro atoms. The molecule has 0 aliphatic carbocycles. The average molecular weight is 725 g/mol. The van der Waals surface area contributed by atoms with Crippen LogP contribution < -0.4 is 0 Å². The summed E-state index contributed by atoms with van der Waals surface area (Å²) >= 11 is 0. The summed E-state index contributed by atoms with van der Waals surface area (Å²) in [5.41, 5.74) is 7.77. The summed E-state index contributed by atoms with van der Waals surface area (Å²) in [5, 5.41) is 2.47. The van der Waals surface area contributed by atoms with Crippen LogP contribution in [0, 0.1) is 19.1 Å².